The summed E-state index contributed by atoms with van der Waals surface area (Å²) in [4.78, 5) is 32.1. The largest absolute Gasteiger partial charge is 0.445 e. The minimum atomic E-state index is -0.290. The van der Waals surface area contributed by atoms with E-state index in [-0.39, 0.29) is 36.7 Å². The van der Waals surface area contributed by atoms with Gasteiger partial charge in [0.15, 0.2) is 0 Å². The number of piperidine rings is 2. The minimum Gasteiger partial charge on any atom is -0.445 e. The Balaban J connectivity index is 1.30. The Kier molecular flexibility index (Phi) is 9.58. The second kappa shape index (κ2) is 12.6. The molecule has 0 aliphatic carbocycles. The molecule has 3 N–H and O–H groups in total. The highest BCUT2D eigenvalue weighted by Crippen LogP contribution is 2.14. The van der Waals surface area contributed by atoms with E-state index in [2.05, 4.69) is 23.0 Å². The first-order valence-corrected chi connectivity index (χ1v) is 11.5. The molecule has 0 radical (unpaired) electrons. The predicted octanol–water partition coefficient (Wildman–Crippen LogP) is 2.35. The van der Waals surface area contributed by atoms with Gasteiger partial charge >= 0.3 is 6.09 Å². The van der Waals surface area contributed by atoms with Crippen LogP contribution in [0.15, 0.2) is 30.3 Å². The summed E-state index contributed by atoms with van der Waals surface area (Å²) in [5, 5.41) is 6.47. The fourth-order valence-corrected chi connectivity index (χ4v) is 3.89. The van der Waals surface area contributed by atoms with Gasteiger partial charge in [0, 0.05) is 31.7 Å². The van der Waals surface area contributed by atoms with Gasteiger partial charge in [0.25, 0.3) is 0 Å². The van der Waals surface area contributed by atoms with Gasteiger partial charge in [-0.05, 0) is 37.7 Å². The summed E-state index contributed by atoms with van der Waals surface area (Å²) in [6.07, 6.45) is 5.04. The standard InChI is InChI=1S/C23H36N4O4/c1-2-3-15-31-26-20-9-10-21(24-16-20)22(28)25-19-11-13-27(14-12-19)23(29)30-17-18-7-5-4-6-8-18/h4-8,19-21,24,26H,2-3,9-17H2,1H3,(H,25,28)/t20-,21+/m1/s1. The van der Waals surface area contributed by atoms with Crippen LogP contribution in [0.2, 0.25) is 0 Å². The van der Waals surface area contributed by atoms with Crippen molar-refractivity contribution in [1.29, 1.82) is 0 Å². The number of unbranched alkanes of at least 4 members (excludes halogenated alkanes) is 1. The quantitative estimate of drug-likeness (QED) is 0.410. The SMILES string of the molecule is CCCCON[C@@H]1CC[C@@H](C(=O)NC2CCN(C(=O)OCc3ccccc3)CC2)NC1. The number of rotatable bonds is 9. The number of carbonyl (C=O) groups is 2. The molecular formula is C23H36N4O4. The summed E-state index contributed by atoms with van der Waals surface area (Å²) >= 11 is 0. The average Bonchev–Trinajstić information content (AvgIpc) is 2.82. The maximum absolute atomic E-state index is 12.6. The zero-order valence-corrected chi connectivity index (χ0v) is 18.5. The molecule has 2 saturated heterocycles. The summed E-state index contributed by atoms with van der Waals surface area (Å²) in [5.41, 5.74) is 4.06. The van der Waals surface area contributed by atoms with Crippen molar-refractivity contribution in [2.24, 2.45) is 0 Å². The predicted molar refractivity (Wildman–Crippen MR) is 118 cm³/mol. The van der Waals surface area contributed by atoms with E-state index in [0.717, 1.165) is 57.2 Å². The molecule has 1 aromatic carbocycles. The molecule has 2 atom stereocenters. The van der Waals surface area contributed by atoms with Gasteiger partial charge in [0.05, 0.1) is 12.6 Å². The molecule has 0 unspecified atom stereocenters. The molecule has 0 bridgehead atoms. The molecule has 2 fully saturated rings. The Hall–Kier alpha value is -2.16. The Bertz CT molecular complexity index is 671. The van der Waals surface area contributed by atoms with E-state index in [1.807, 2.05) is 30.3 Å². The van der Waals surface area contributed by atoms with Crippen LogP contribution in [-0.4, -0.2) is 61.3 Å². The Morgan fingerprint density at radius 2 is 1.87 bits per heavy atom. The van der Waals surface area contributed by atoms with Gasteiger partial charge in [0.2, 0.25) is 5.91 Å². The maximum atomic E-state index is 12.6. The van der Waals surface area contributed by atoms with Gasteiger partial charge in [-0.1, -0.05) is 43.7 Å². The van der Waals surface area contributed by atoms with Crippen molar-refractivity contribution < 1.29 is 19.2 Å². The average molecular weight is 433 g/mol. The Morgan fingerprint density at radius 3 is 2.55 bits per heavy atom. The van der Waals surface area contributed by atoms with Gasteiger partial charge in [-0.2, -0.15) is 5.48 Å². The number of carbonyl (C=O) groups excluding carboxylic acids is 2. The number of benzene rings is 1. The number of ether oxygens (including phenoxy) is 1. The van der Waals surface area contributed by atoms with E-state index in [9.17, 15) is 9.59 Å². The molecule has 0 saturated carbocycles. The van der Waals surface area contributed by atoms with Crippen molar-refractivity contribution in [3.05, 3.63) is 35.9 Å². The van der Waals surface area contributed by atoms with Crippen molar-refractivity contribution in [2.45, 2.75) is 70.2 Å². The van der Waals surface area contributed by atoms with Gasteiger partial charge in [0.1, 0.15) is 6.61 Å². The van der Waals surface area contributed by atoms with Crippen LogP contribution in [-0.2, 0) is 21.0 Å². The van der Waals surface area contributed by atoms with Gasteiger partial charge in [-0.15, -0.1) is 0 Å². The normalized spacial score (nSPS) is 22.2. The molecule has 8 nitrogen and oxygen atoms in total. The van der Waals surface area contributed by atoms with Gasteiger partial charge in [-0.3, -0.25) is 4.79 Å². The molecule has 2 amide bonds. The summed E-state index contributed by atoms with van der Waals surface area (Å²) in [5.74, 6) is 0.0513. The summed E-state index contributed by atoms with van der Waals surface area (Å²) < 4.78 is 5.40. The first kappa shape index (κ1) is 23.5. The zero-order valence-electron chi connectivity index (χ0n) is 18.5. The minimum absolute atomic E-state index is 0.0513. The number of nitrogens with zero attached hydrogens (tertiary/aromatic N) is 1. The maximum Gasteiger partial charge on any atom is 0.410 e. The molecule has 2 heterocycles. The molecule has 0 spiro atoms. The third kappa shape index (κ3) is 7.79. The highest BCUT2D eigenvalue weighted by molar-refractivity contribution is 5.82. The summed E-state index contributed by atoms with van der Waals surface area (Å²) in [7, 11) is 0. The van der Waals surface area contributed by atoms with Crippen LogP contribution in [0.5, 0.6) is 0 Å². The highest BCUT2D eigenvalue weighted by atomic mass is 16.6. The van der Waals surface area contributed by atoms with Crippen LogP contribution in [0.3, 0.4) is 0 Å². The van der Waals surface area contributed by atoms with Crippen LogP contribution in [0.1, 0.15) is 51.0 Å². The van der Waals surface area contributed by atoms with E-state index in [1.54, 1.807) is 4.90 Å². The van der Waals surface area contributed by atoms with E-state index in [1.165, 1.54) is 0 Å². The van der Waals surface area contributed by atoms with Crippen LogP contribution < -0.4 is 16.1 Å². The Labute approximate surface area is 185 Å². The van der Waals surface area contributed by atoms with Crippen molar-refractivity contribution >= 4 is 12.0 Å². The van der Waals surface area contributed by atoms with Crippen LogP contribution in [0, 0.1) is 0 Å². The molecule has 3 rings (SSSR count). The summed E-state index contributed by atoms with van der Waals surface area (Å²) in [6.45, 7) is 5.04. The number of amides is 2. The number of hydrogen-bond acceptors (Lipinski definition) is 6. The molecular weight excluding hydrogens is 396 g/mol. The van der Waals surface area contributed by atoms with Crippen molar-refractivity contribution in [2.75, 3.05) is 26.2 Å². The molecule has 0 aromatic heterocycles. The Morgan fingerprint density at radius 1 is 1.10 bits per heavy atom. The third-order valence-electron chi connectivity index (χ3n) is 5.89. The summed E-state index contributed by atoms with van der Waals surface area (Å²) in [6, 6.07) is 9.84. The van der Waals surface area contributed by atoms with E-state index in [0.29, 0.717) is 13.1 Å². The first-order valence-electron chi connectivity index (χ1n) is 11.5. The van der Waals surface area contributed by atoms with Crippen LogP contribution in [0.4, 0.5) is 4.79 Å². The van der Waals surface area contributed by atoms with Crippen molar-refractivity contribution in [3.8, 4) is 0 Å². The molecule has 2 aliphatic rings. The molecule has 172 valence electrons. The van der Waals surface area contributed by atoms with Crippen LogP contribution in [0.25, 0.3) is 0 Å². The monoisotopic (exact) mass is 432 g/mol. The fraction of sp³-hybridized carbons (Fsp3) is 0.652. The van der Waals surface area contributed by atoms with Gasteiger partial charge < -0.3 is 25.1 Å². The number of nitrogens with one attached hydrogen (secondary N) is 3. The fourth-order valence-electron chi connectivity index (χ4n) is 3.89. The molecule has 2 aliphatic heterocycles. The number of likely N-dealkylation sites (tertiary alicyclic amines) is 1. The molecule has 8 heteroatoms. The van der Waals surface area contributed by atoms with E-state index in [4.69, 9.17) is 9.57 Å². The smallest absolute Gasteiger partial charge is 0.410 e. The van der Waals surface area contributed by atoms with Crippen molar-refractivity contribution in [1.82, 2.24) is 21.0 Å². The third-order valence-corrected chi connectivity index (χ3v) is 5.89. The zero-order chi connectivity index (χ0) is 21.9. The lowest BCUT2D eigenvalue weighted by atomic mass is 9.99. The lowest BCUT2D eigenvalue weighted by molar-refractivity contribution is -0.125. The number of hydroxylamine groups is 1. The van der Waals surface area contributed by atoms with Crippen LogP contribution >= 0.6 is 0 Å². The van der Waals surface area contributed by atoms with E-state index >= 15 is 0 Å². The van der Waals surface area contributed by atoms with Gasteiger partial charge in [-0.25, -0.2) is 4.79 Å². The second-order valence-corrected chi connectivity index (χ2v) is 8.37. The lowest BCUT2D eigenvalue weighted by Gasteiger charge is -2.34. The second-order valence-electron chi connectivity index (χ2n) is 8.37. The topological polar surface area (TPSA) is 91.9 Å². The first-order chi connectivity index (χ1) is 15.2. The molecule has 1 aromatic rings. The lowest BCUT2D eigenvalue weighted by Crippen LogP contribution is -2.56. The van der Waals surface area contributed by atoms with Crippen molar-refractivity contribution in [3.63, 3.8) is 0 Å². The van der Waals surface area contributed by atoms with E-state index < -0.39 is 0 Å². The molecule has 31 heavy (non-hydrogen) atoms. The highest BCUT2D eigenvalue weighted by Gasteiger charge is 2.29. The number of hydrogen-bond donors (Lipinski definition) is 3.